The molecule has 0 radical (unpaired) electrons. The first-order valence-corrected chi connectivity index (χ1v) is 5.99. The van der Waals surface area contributed by atoms with Crippen LogP contribution in [0.2, 0.25) is 0 Å². The van der Waals surface area contributed by atoms with Gasteiger partial charge in [-0.15, -0.1) is 0 Å². The number of fused-ring (bicyclic) bond motifs is 1. The zero-order valence-electron chi connectivity index (χ0n) is 10.2. The molecule has 0 saturated heterocycles. The lowest BCUT2D eigenvalue weighted by Gasteiger charge is -2.03. The lowest BCUT2D eigenvalue weighted by molar-refractivity contribution is 0.481. The normalized spacial score (nSPS) is 11.2. The summed E-state index contributed by atoms with van der Waals surface area (Å²) in [5.41, 5.74) is 1.83. The summed E-state index contributed by atoms with van der Waals surface area (Å²) in [6.45, 7) is 0. The van der Waals surface area contributed by atoms with Gasteiger partial charge in [-0.1, -0.05) is 24.3 Å². The molecule has 0 unspecified atom stereocenters. The lowest BCUT2D eigenvalue weighted by Crippen LogP contribution is -1.81. The van der Waals surface area contributed by atoms with Crippen LogP contribution in [0, 0.1) is 0 Å². The van der Waals surface area contributed by atoms with Gasteiger partial charge in [0.25, 0.3) is 0 Å². The number of aromatic hydroxyl groups is 1. The topological polar surface area (TPSA) is 45.5 Å². The number of hydrogen-bond donors (Lipinski definition) is 1. The van der Waals surface area contributed by atoms with Gasteiger partial charge in [0, 0.05) is 29.4 Å². The molecule has 92 valence electrons. The van der Waals surface area contributed by atoms with Gasteiger partial charge in [-0.05, 0) is 29.8 Å². The lowest BCUT2D eigenvalue weighted by atomic mass is 10.1. The van der Waals surface area contributed by atoms with Crippen LogP contribution in [0.25, 0.3) is 10.8 Å². The summed E-state index contributed by atoms with van der Waals surface area (Å²) in [5.74, 6) is 0.276. The number of benzene rings is 2. The number of phenols is 1. The second-order valence-corrected chi connectivity index (χ2v) is 4.19. The van der Waals surface area contributed by atoms with Crippen molar-refractivity contribution in [2.75, 3.05) is 0 Å². The number of aromatic nitrogens is 1. The molecular weight excluding hydrogens is 236 g/mol. The van der Waals surface area contributed by atoms with Gasteiger partial charge in [-0.3, -0.25) is 9.98 Å². The predicted octanol–water partition coefficient (Wildman–Crippen LogP) is 3.69. The van der Waals surface area contributed by atoms with E-state index in [4.69, 9.17) is 0 Å². The van der Waals surface area contributed by atoms with Crippen LogP contribution < -0.4 is 0 Å². The smallest absolute Gasteiger partial charge is 0.123 e. The highest BCUT2D eigenvalue weighted by atomic mass is 16.3. The van der Waals surface area contributed by atoms with Gasteiger partial charge >= 0.3 is 0 Å². The highest BCUT2D eigenvalue weighted by Gasteiger charge is 2.02. The molecule has 3 rings (SSSR count). The number of phenolic OH excluding ortho intramolecular Hbond substituents is 1. The molecule has 0 aliphatic carbocycles. The molecule has 0 saturated carbocycles. The Kier molecular flexibility index (Phi) is 2.94. The van der Waals surface area contributed by atoms with Gasteiger partial charge in [0.1, 0.15) is 5.75 Å². The largest absolute Gasteiger partial charge is 0.507 e. The molecule has 0 atom stereocenters. The Morgan fingerprint density at radius 1 is 0.895 bits per heavy atom. The maximum absolute atomic E-state index is 9.82. The first-order chi connectivity index (χ1) is 9.34. The van der Waals surface area contributed by atoms with Crippen LogP contribution in [-0.4, -0.2) is 16.3 Å². The van der Waals surface area contributed by atoms with Crippen LogP contribution in [0.4, 0.5) is 5.69 Å². The Morgan fingerprint density at radius 2 is 1.63 bits per heavy atom. The summed E-state index contributed by atoms with van der Waals surface area (Å²) < 4.78 is 0. The second kappa shape index (κ2) is 4.90. The van der Waals surface area contributed by atoms with Gasteiger partial charge in [-0.25, -0.2) is 0 Å². The van der Waals surface area contributed by atoms with E-state index in [0.717, 1.165) is 22.0 Å². The van der Waals surface area contributed by atoms with Crippen molar-refractivity contribution in [3.05, 3.63) is 66.5 Å². The number of rotatable bonds is 2. The molecule has 1 N–H and O–H groups in total. The Morgan fingerprint density at radius 3 is 2.47 bits per heavy atom. The van der Waals surface area contributed by atoms with E-state index < -0.39 is 0 Å². The maximum Gasteiger partial charge on any atom is 0.123 e. The van der Waals surface area contributed by atoms with Crippen LogP contribution in [0.1, 0.15) is 5.56 Å². The Bertz CT molecular complexity index is 736. The summed E-state index contributed by atoms with van der Waals surface area (Å²) in [6, 6.07) is 14.9. The van der Waals surface area contributed by atoms with Crippen LogP contribution in [0.15, 0.2) is 65.9 Å². The zero-order chi connectivity index (χ0) is 13.1. The van der Waals surface area contributed by atoms with Crippen molar-refractivity contribution in [1.29, 1.82) is 0 Å². The van der Waals surface area contributed by atoms with Crippen LogP contribution in [-0.2, 0) is 0 Å². The minimum atomic E-state index is 0.276. The highest BCUT2D eigenvalue weighted by Crippen LogP contribution is 2.31. The van der Waals surface area contributed by atoms with E-state index in [0.29, 0.717) is 0 Å². The molecule has 0 aliphatic heterocycles. The fraction of sp³-hybridized carbons (Fsp3) is 0. The molecule has 3 nitrogen and oxygen atoms in total. The maximum atomic E-state index is 9.82. The third-order valence-corrected chi connectivity index (χ3v) is 2.93. The molecule has 0 bridgehead atoms. The third-order valence-electron chi connectivity index (χ3n) is 2.93. The van der Waals surface area contributed by atoms with Gasteiger partial charge in [-0.2, -0.15) is 0 Å². The number of hydrogen-bond acceptors (Lipinski definition) is 3. The fourth-order valence-corrected chi connectivity index (χ4v) is 1.98. The van der Waals surface area contributed by atoms with Crippen LogP contribution in [0.3, 0.4) is 0 Å². The molecule has 0 aliphatic rings. The molecule has 0 spiro atoms. The summed E-state index contributed by atoms with van der Waals surface area (Å²) in [6.07, 6.45) is 5.26. The van der Waals surface area contributed by atoms with E-state index in [9.17, 15) is 5.11 Å². The summed E-state index contributed by atoms with van der Waals surface area (Å²) in [7, 11) is 0. The van der Waals surface area contributed by atoms with Crippen molar-refractivity contribution in [2.24, 2.45) is 4.99 Å². The van der Waals surface area contributed by atoms with Crippen molar-refractivity contribution >= 4 is 22.7 Å². The standard InChI is InChI=1S/C16H12N2O/c19-16-6-2-3-13-14(16)4-1-5-15(13)18-11-12-7-9-17-10-8-12/h1-11,19H/b18-11+. The van der Waals surface area contributed by atoms with Gasteiger partial charge in [0.15, 0.2) is 0 Å². The molecule has 1 heterocycles. The second-order valence-electron chi connectivity index (χ2n) is 4.19. The first-order valence-electron chi connectivity index (χ1n) is 5.99. The molecule has 2 aromatic carbocycles. The first kappa shape index (κ1) is 11.4. The summed E-state index contributed by atoms with van der Waals surface area (Å²) >= 11 is 0. The predicted molar refractivity (Wildman–Crippen MR) is 77.1 cm³/mol. The van der Waals surface area contributed by atoms with Gasteiger partial charge in [0.05, 0.1) is 5.69 Å². The van der Waals surface area contributed by atoms with Crippen molar-refractivity contribution in [1.82, 2.24) is 4.98 Å². The average molecular weight is 248 g/mol. The van der Waals surface area contributed by atoms with Crippen molar-refractivity contribution in [3.8, 4) is 5.75 Å². The van der Waals surface area contributed by atoms with E-state index in [1.807, 2.05) is 42.5 Å². The summed E-state index contributed by atoms with van der Waals surface area (Å²) in [4.78, 5) is 8.45. The average Bonchev–Trinajstić information content (AvgIpc) is 2.47. The van der Waals surface area contributed by atoms with E-state index in [1.54, 1.807) is 24.7 Å². The van der Waals surface area contributed by atoms with Crippen LogP contribution >= 0.6 is 0 Å². The molecule has 3 heteroatoms. The quantitative estimate of drug-likeness (QED) is 0.703. The number of pyridine rings is 1. The Labute approximate surface area is 110 Å². The SMILES string of the molecule is Oc1cccc2c(/N=C/c3ccncc3)cccc12. The number of nitrogens with zero attached hydrogens (tertiary/aromatic N) is 2. The molecular formula is C16H12N2O. The summed E-state index contributed by atoms with van der Waals surface area (Å²) in [5, 5.41) is 11.6. The monoisotopic (exact) mass is 248 g/mol. The Balaban J connectivity index is 2.07. The molecule has 0 fully saturated rings. The zero-order valence-corrected chi connectivity index (χ0v) is 10.2. The third kappa shape index (κ3) is 2.31. The molecule has 3 aromatic rings. The Hall–Kier alpha value is -2.68. The van der Waals surface area contributed by atoms with Gasteiger partial charge < -0.3 is 5.11 Å². The minimum Gasteiger partial charge on any atom is -0.507 e. The van der Waals surface area contributed by atoms with Crippen molar-refractivity contribution < 1.29 is 5.11 Å². The molecule has 1 aromatic heterocycles. The molecule has 0 amide bonds. The van der Waals surface area contributed by atoms with Crippen molar-refractivity contribution in [2.45, 2.75) is 0 Å². The molecule has 19 heavy (non-hydrogen) atoms. The van der Waals surface area contributed by atoms with Crippen LogP contribution in [0.5, 0.6) is 5.75 Å². The minimum absolute atomic E-state index is 0.276. The highest BCUT2D eigenvalue weighted by molar-refractivity contribution is 5.98. The van der Waals surface area contributed by atoms with E-state index in [1.165, 1.54) is 0 Å². The van der Waals surface area contributed by atoms with E-state index >= 15 is 0 Å². The fourth-order valence-electron chi connectivity index (χ4n) is 1.98. The van der Waals surface area contributed by atoms with E-state index in [2.05, 4.69) is 9.98 Å². The number of aliphatic imine (C=N–C) groups is 1. The van der Waals surface area contributed by atoms with Gasteiger partial charge in [0.2, 0.25) is 0 Å². The van der Waals surface area contributed by atoms with E-state index in [-0.39, 0.29) is 5.75 Å². The van der Waals surface area contributed by atoms with Crippen molar-refractivity contribution in [3.63, 3.8) is 0 Å².